The first-order chi connectivity index (χ1) is 9.44. The van der Waals surface area contributed by atoms with Crippen LogP contribution in [0.4, 0.5) is 10.8 Å². The van der Waals surface area contributed by atoms with Crippen molar-refractivity contribution in [3.05, 3.63) is 0 Å². The lowest BCUT2D eigenvalue weighted by Gasteiger charge is -2.19. The maximum atomic E-state index is 12.2. The van der Waals surface area contributed by atoms with E-state index in [4.69, 9.17) is 5.73 Å². The number of nitrogens with zero attached hydrogens (tertiary/aromatic N) is 2. The van der Waals surface area contributed by atoms with Gasteiger partial charge in [-0.05, 0) is 30.3 Å². The molecule has 0 aromatic carbocycles. The highest BCUT2D eigenvalue weighted by molar-refractivity contribution is 7.91. The number of nitrogen functional groups attached to an aromatic ring is 1. The molecule has 2 heterocycles. The van der Waals surface area contributed by atoms with Crippen molar-refractivity contribution in [1.29, 1.82) is 0 Å². The summed E-state index contributed by atoms with van der Waals surface area (Å²) in [6.45, 7) is 3.09. The van der Waals surface area contributed by atoms with Crippen molar-refractivity contribution in [2.45, 2.75) is 30.8 Å². The first kappa shape index (κ1) is 14.1. The number of fused-ring (bicyclic) bond motifs is 1. The Morgan fingerprint density at radius 2 is 2.20 bits per heavy atom. The maximum absolute atomic E-state index is 12.2. The van der Waals surface area contributed by atoms with Gasteiger partial charge in [-0.1, -0.05) is 6.92 Å². The van der Waals surface area contributed by atoms with Crippen LogP contribution in [-0.4, -0.2) is 42.8 Å². The topological polar surface area (TPSA) is 96.5 Å². The molecule has 3 unspecified atom stereocenters. The molecule has 3 N–H and O–H groups in total. The standard InChI is InChI=1S/C12H19N3O3S2/c1-2-20(17,18)10-11(13)14-19-12(10)15-5-7-3-4-9(16)8(7)6-15/h7-9,16H,2-6H2,1H3,(H2,13,14). The average Bonchev–Trinajstić information content (AvgIpc) is 3.06. The SMILES string of the molecule is CCS(=O)(=O)c1c(N)nsc1N1CC2CCC(O)C2C1. The van der Waals surface area contributed by atoms with Crippen LogP contribution in [-0.2, 0) is 9.84 Å². The van der Waals surface area contributed by atoms with Crippen molar-refractivity contribution in [2.75, 3.05) is 29.5 Å². The molecule has 0 amide bonds. The summed E-state index contributed by atoms with van der Waals surface area (Å²) in [6, 6.07) is 0. The summed E-state index contributed by atoms with van der Waals surface area (Å²) >= 11 is 1.15. The van der Waals surface area contributed by atoms with Gasteiger partial charge in [0.25, 0.3) is 0 Å². The molecule has 2 aliphatic rings. The number of aliphatic hydroxyl groups is 1. The number of sulfone groups is 1. The molecular weight excluding hydrogens is 298 g/mol. The van der Waals surface area contributed by atoms with E-state index in [1.807, 2.05) is 4.90 Å². The summed E-state index contributed by atoms with van der Waals surface area (Å²) in [5.41, 5.74) is 5.76. The maximum Gasteiger partial charge on any atom is 0.184 e. The number of aromatic nitrogens is 1. The van der Waals surface area contributed by atoms with Gasteiger partial charge in [0.05, 0.1) is 11.9 Å². The van der Waals surface area contributed by atoms with Crippen LogP contribution in [0.3, 0.4) is 0 Å². The van der Waals surface area contributed by atoms with E-state index in [0.29, 0.717) is 17.5 Å². The molecule has 0 bridgehead atoms. The van der Waals surface area contributed by atoms with Gasteiger partial charge < -0.3 is 15.7 Å². The molecule has 1 aliphatic heterocycles. The van der Waals surface area contributed by atoms with Crippen molar-refractivity contribution in [3.63, 3.8) is 0 Å². The molecule has 1 aromatic heterocycles. The van der Waals surface area contributed by atoms with Crippen LogP contribution in [0.5, 0.6) is 0 Å². The van der Waals surface area contributed by atoms with Gasteiger partial charge in [-0.3, -0.25) is 0 Å². The number of rotatable bonds is 3. The number of nitrogens with two attached hydrogens (primary N) is 1. The second-order valence-electron chi connectivity index (χ2n) is 5.58. The van der Waals surface area contributed by atoms with Crippen LogP contribution in [0.15, 0.2) is 4.90 Å². The molecule has 1 saturated heterocycles. The van der Waals surface area contributed by atoms with Gasteiger partial charge in [0.15, 0.2) is 15.7 Å². The fourth-order valence-corrected chi connectivity index (χ4v) is 5.65. The lowest BCUT2D eigenvalue weighted by molar-refractivity contribution is 0.133. The minimum absolute atomic E-state index is 0.0198. The zero-order valence-corrected chi connectivity index (χ0v) is 13.0. The Bertz CT molecular complexity index is 613. The van der Waals surface area contributed by atoms with Crippen molar-refractivity contribution in [1.82, 2.24) is 4.37 Å². The highest BCUT2D eigenvalue weighted by atomic mass is 32.2. The molecule has 1 aliphatic carbocycles. The smallest absolute Gasteiger partial charge is 0.184 e. The number of aliphatic hydroxyl groups excluding tert-OH is 1. The van der Waals surface area contributed by atoms with Crippen molar-refractivity contribution < 1.29 is 13.5 Å². The highest BCUT2D eigenvalue weighted by Gasteiger charge is 2.43. The monoisotopic (exact) mass is 317 g/mol. The minimum Gasteiger partial charge on any atom is -0.393 e. The van der Waals surface area contributed by atoms with Crippen LogP contribution in [0.1, 0.15) is 19.8 Å². The van der Waals surface area contributed by atoms with E-state index < -0.39 is 9.84 Å². The normalized spacial score (nSPS) is 29.9. The molecule has 20 heavy (non-hydrogen) atoms. The van der Waals surface area contributed by atoms with E-state index in [1.54, 1.807) is 6.92 Å². The summed E-state index contributed by atoms with van der Waals surface area (Å²) < 4.78 is 28.4. The zero-order chi connectivity index (χ0) is 14.5. The highest BCUT2D eigenvalue weighted by Crippen LogP contribution is 2.44. The van der Waals surface area contributed by atoms with Crippen LogP contribution in [0.2, 0.25) is 0 Å². The van der Waals surface area contributed by atoms with E-state index in [2.05, 4.69) is 4.37 Å². The fourth-order valence-electron chi connectivity index (χ4n) is 3.33. The second-order valence-corrected chi connectivity index (χ2v) is 8.55. The van der Waals surface area contributed by atoms with E-state index in [9.17, 15) is 13.5 Å². The number of hydrogen-bond donors (Lipinski definition) is 2. The molecule has 0 spiro atoms. The fraction of sp³-hybridized carbons (Fsp3) is 0.750. The molecule has 6 nitrogen and oxygen atoms in total. The van der Waals surface area contributed by atoms with E-state index in [1.165, 1.54) is 0 Å². The molecule has 3 atom stereocenters. The average molecular weight is 317 g/mol. The van der Waals surface area contributed by atoms with Gasteiger partial charge in [0, 0.05) is 19.0 Å². The lowest BCUT2D eigenvalue weighted by Crippen LogP contribution is -2.25. The van der Waals surface area contributed by atoms with Gasteiger partial charge in [-0.15, -0.1) is 0 Å². The molecule has 3 rings (SSSR count). The Hall–Kier alpha value is -0.860. The summed E-state index contributed by atoms with van der Waals surface area (Å²) in [7, 11) is -3.37. The summed E-state index contributed by atoms with van der Waals surface area (Å²) in [4.78, 5) is 2.22. The van der Waals surface area contributed by atoms with Crippen molar-refractivity contribution in [2.24, 2.45) is 11.8 Å². The van der Waals surface area contributed by atoms with Crippen molar-refractivity contribution in [3.8, 4) is 0 Å². The van der Waals surface area contributed by atoms with Gasteiger partial charge in [-0.2, -0.15) is 4.37 Å². The van der Waals surface area contributed by atoms with E-state index in [-0.39, 0.29) is 28.5 Å². The Morgan fingerprint density at radius 3 is 2.85 bits per heavy atom. The van der Waals surface area contributed by atoms with Crippen LogP contribution >= 0.6 is 11.5 Å². The van der Waals surface area contributed by atoms with Gasteiger partial charge in [0.1, 0.15) is 9.90 Å². The molecule has 1 saturated carbocycles. The zero-order valence-electron chi connectivity index (χ0n) is 11.3. The van der Waals surface area contributed by atoms with Gasteiger partial charge in [-0.25, -0.2) is 8.42 Å². The van der Waals surface area contributed by atoms with Gasteiger partial charge >= 0.3 is 0 Å². The third-order valence-corrected chi connectivity index (χ3v) is 7.29. The van der Waals surface area contributed by atoms with Crippen molar-refractivity contribution >= 4 is 32.2 Å². The summed E-state index contributed by atoms with van der Waals surface area (Å²) in [5, 5.41) is 10.6. The Morgan fingerprint density at radius 1 is 1.45 bits per heavy atom. The van der Waals surface area contributed by atoms with Crippen LogP contribution in [0.25, 0.3) is 0 Å². The van der Waals surface area contributed by atoms with E-state index >= 15 is 0 Å². The minimum atomic E-state index is -3.37. The van der Waals surface area contributed by atoms with Crippen LogP contribution < -0.4 is 10.6 Å². The lowest BCUT2D eigenvalue weighted by atomic mass is 10.00. The molecule has 112 valence electrons. The van der Waals surface area contributed by atoms with E-state index in [0.717, 1.165) is 30.9 Å². The molecule has 2 fully saturated rings. The summed E-state index contributed by atoms with van der Waals surface area (Å²) in [5.74, 6) is 0.817. The number of hydrogen-bond acceptors (Lipinski definition) is 7. The molecule has 0 radical (unpaired) electrons. The number of anilines is 2. The molecule has 8 heteroatoms. The molecule has 1 aromatic rings. The quantitative estimate of drug-likeness (QED) is 0.853. The molecular formula is C12H19N3O3S2. The second kappa shape index (κ2) is 4.85. The third-order valence-electron chi connectivity index (χ3n) is 4.45. The summed E-state index contributed by atoms with van der Waals surface area (Å²) in [6.07, 6.45) is 1.60. The predicted octanol–water partition coefficient (Wildman–Crippen LogP) is 0.726. The largest absolute Gasteiger partial charge is 0.393 e. The Kier molecular flexibility index (Phi) is 3.42. The van der Waals surface area contributed by atoms with Crippen LogP contribution in [0, 0.1) is 11.8 Å². The third kappa shape index (κ3) is 2.10. The Balaban J connectivity index is 1.93. The predicted molar refractivity (Wildman–Crippen MR) is 78.7 cm³/mol. The first-order valence-electron chi connectivity index (χ1n) is 6.85. The first-order valence-corrected chi connectivity index (χ1v) is 9.27. The van der Waals surface area contributed by atoms with Gasteiger partial charge in [0.2, 0.25) is 0 Å². The Labute approximate surface area is 122 Å².